The van der Waals surface area contributed by atoms with Crippen LogP contribution in [0.1, 0.15) is 31.9 Å². The van der Waals surface area contributed by atoms with E-state index in [1.165, 1.54) is 42.7 Å². The lowest BCUT2D eigenvalue weighted by Gasteiger charge is -2.04. The fraction of sp³-hybridized carbons (Fsp3) is 0.167. The lowest BCUT2D eigenvalue weighted by Crippen LogP contribution is -2.11. The van der Waals surface area contributed by atoms with Crippen molar-refractivity contribution in [3.63, 3.8) is 0 Å². The van der Waals surface area contributed by atoms with Crippen molar-refractivity contribution >= 4 is 40.0 Å². The molecular formula is C24H20N2O7S. The Morgan fingerprint density at radius 3 is 2.62 bits per heavy atom. The van der Waals surface area contributed by atoms with Crippen LogP contribution in [0.25, 0.3) is 6.08 Å². The summed E-state index contributed by atoms with van der Waals surface area (Å²) < 4.78 is 15.7. The Labute approximate surface area is 198 Å². The van der Waals surface area contributed by atoms with Crippen LogP contribution in [0.5, 0.6) is 11.5 Å². The van der Waals surface area contributed by atoms with Crippen LogP contribution < -0.4 is 14.8 Å². The molecule has 0 saturated heterocycles. The first-order valence-corrected chi connectivity index (χ1v) is 11.0. The number of benzene rings is 2. The van der Waals surface area contributed by atoms with E-state index in [2.05, 4.69) is 5.32 Å². The van der Waals surface area contributed by atoms with E-state index in [0.717, 1.165) is 16.0 Å². The van der Waals surface area contributed by atoms with E-state index in [9.17, 15) is 19.7 Å². The van der Waals surface area contributed by atoms with Gasteiger partial charge in [-0.25, -0.2) is 4.79 Å². The third kappa shape index (κ3) is 4.91. The highest BCUT2D eigenvalue weighted by atomic mass is 32.1. The molecule has 1 amide bonds. The second-order valence-electron chi connectivity index (χ2n) is 7.38. The van der Waals surface area contributed by atoms with E-state index < -0.39 is 16.8 Å². The Morgan fingerprint density at radius 1 is 1.18 bits per heavy atom. The van der Waals surface area contributed by atoms with Crippen molar-refractivity contribution in [2.24, 2.45) is 0 Å². The molecule has 0 saturated carbocycles. The standard InChI is InChI=1S/C24H20N2O7S/c1-14-20(12-16-5-9-18-19(11-16)33-13-32-18)34-23(22(14)24(28)31-2)25-21(27)10-6-15-3-7-17(8-4-15)26(29)30/h3-11H,12-13H2,1-2H3,(H,25,27). The number of rotatable bonds is 7. The lowest BCUT2D eigenvalue weighted by molar-refractivity contribution is -0.384. The number of nitro benzene ring substituents is 1. The van der Waals surface area contributed by atoms with Gasteiger partial charge in [0.2, 0.25) is 12.7 Å². The molecule has 0 aliphatic carbocycles. The molecule has 1 N–H and O–H groups in total. The van der Waals surface area contributed by atoms with Crippen LogP contribution >= 0.6 is 11.3 Å². The summed E-state index contributed by atoms with van der Waals surface area (Å²) in [6.07, 6.45) is 3.37. The van der Waals surface area contributed by atoms with Crippen LogP contribution in [0.4, 0.5) is 10.7 Å². The molecule has 4 rings (SSSR count). The van der Waals surface area contributed by atoms with E-state index in [0.29, 0.717) is 34.0 Å². The molecular weight excluding hydrogens is 460 g/mol. The van der Waals surface area contributed by atoms with Crippen molar-refractivity contribution in [3.8, 4) is 11.5 Å². The first kappa shape index (κ1) is 23.0. The summed E-state index contributed by atoms with van der Waals surface area (Å²) in [5.41, 5.74) is 2.60. The second-order valence-corrected chi connectivity index (χ2v) is 8.49. The van der Waals surface area contributed by atoms with Crippen molar-refractivity contribution < 1.29 is 28.7 Å². The zero-order chi connectivity index (χ0) is 24.2. The maximum Gasteiger partial charge on any atom is 0.341 e. The smallest absolute Gasteiger partial charge is 0.341 e. The highest BCUT2D eigenvalue weighted by Gasteiger charge is 2.23. The average Bonchev–Trinajstić information content (AvgIpc) is 3.41. The summed E-state index contributed by atoms with van der Waals surface area (Å²) in [7, 11) is 1.29. The first-order valence-electron chi connectivity index (χ1n) is 10.2. The molecule has 2 aromatic carbocycles. The van der Waals surface area contributed by atoms with Crippen LogP contribution in [-0.4, -0.2) is 30.7 Å². The Morgan fingerprint density at radius 2 is 1.91 bits per heavy atom. The molecule has 1 aromatic heterocycles. The van der Waals surface area contributed by atoms with Crippen LogP contribution in [0, 0.1) is 17.0 Å². The number of hydrogen-bond donors (Lipinski definition) is 1. The minimum atomic E-state index is -0.541. The van der Waals surface area contributed by atoms with Crippen molar-refractivity contribution in [2.45, 2.75) is 13.3 Å². The van der Waals surface area contributed by atoms with E-state index in [-0.39, 0.29) is 12.5 Å². The quantitative estimate of drug-likeness (QED) is 0.225. The zero-order valence-corrected chi connectivity index (χ0v) is 19.1. The number of nitrogens with one attached hydrogen (secondary N) is 1. The van der Waals surface area contributed by atoms with Gasteiger partial charge in [-0.15, -0.1) is 11.3 Å². The van der Waals surface area contributed by atoms with Crippen molar-refractivity contribution in [2.75, 3.05) is 19.2 Å². The number of carbonyl (C=O) groups is 2. The van der Waals surface area contributed by atoms with Crippen molar-refractivity contribution in [1.29, 1.82) is 0 Å². The molecule has 0 fully saturated rings. The molecule has 174 valence electrons. The number of non-ortho nitro benzene ring substituents is 1. The topological polar surface area (TPSA) is 117 Å². The Bertz CT molecular complexity index is 1300. The van der Waals surface area contributed by atoms with Gasteiger partial charge < -0.3 is 19.5 Å². The summed E-state index contributed by atoms with van der Waals surface area (Å²) in [5, 5.41) is 13.9. The minimum absolute atomic E-state index is 0.0339. The highest BCUT2D eigenvalue weighted by molar-refractivity contribution is 7.17. The normalized spacial score (nSPS) is 12.1. The molecule has 0 atom stereocenters. The molecule has 0 bridgehead atoms. The number of carbonyl (C=O) groups excluding carboxylic acids is 2. The van der Waals surface area contributed by atoms with Gasteiger partial charge in [0.1, 0.15) is 5.00 Å². The second kappa shape index (κ2) is 9.75. The van der Waals surface area contributed by atoms with Crippen molar-refractivity contribution in [3.05, 3.63) is 85.8 Å². The SMILES string of the molecule is COC(=O)c1c(NC(=O)C=Cc2ccc([N+](=O)[O-])cc2)sc(Cc2ccc3c(c2)OCO3)c1C. The van der Waals surface area contributed by atoms with Gasteiger partial charge in [0.15, 0.2) is 11.5 Å². The van der Waals surface area contributed by atoms with E-state index in [1.807, 2.05) is 25.1 Å². The zero-order valence-electron chi connectivity index (χ0n) is 18.3. The minimum Gasteiger partial charge on any atom is -0.465 e. The summed E-state index contributed by atoms with van der Waals surface area (Å²) in [6.45, 7) is 2.00. The third-order valence-electron chi connectivity index (χ3n) is 5.20. The van der Waals surface area contributed by atoms with E-state index in [1.54, 1.807) is 12.1 Å². The number of fused-ring (bicyclic) bond motifs is 1. The Balaban J connectivity index is 1.53. The van der Waals surface area contributed by atoms with Gasteiger partial charge in [-0.05, 0) is 54.0 Å². The molecule has 3 aromatic rings. The molecule has 0 radical (unpaired) electrons. The number of methoxy groups -OCH3 is 1. The van der Waals surface area contributed by atoms with Crippen LogP contribution in [0.3, 0.4) is 0 Å². The van der Waals surface area contributed by atoms with Gasteiger partial charge in [-0.2, -0.15) is 0 Å². The van der Waals surface area contributed by atoms with Gasteiger partial charge in [0.05, 0.1) is 17.6 Å². The molecule has 34 heavy (non-hydrogen) atoms. The number of esters is 1. The fourth-order valence-electron chi connectivity index (χ4n) is 3.43. The lowest BCUT2D eigenvalue weighted by atomic mass is 10.1. The molecule has 10 heteroatoms. The summed E-state index contributed by atoms with van der Waals surface area (Å²) in [6, 6.07) is 11.5. The van der Waals surface area contributed by atoms with Gasteiger partial charge >= 0.3 is 5.97 Å². The van der Waals surface area contributed by atoms with Crippen LogP contribution in [-0.2, 0) is 16.0 Å². The van der Waals surface area contributed by atoms with Crippen LogP contribution in [0.15, 0.2) is 48.5 Å². The average molecular weight is 480 g/mol. The molecule has 1 aliphatic heterocycles. The number of hydrogen-bond acceptors (Lipinski definition) is 8. The fourth-order valence-corrected chi connectivity index (χ4v) is 4.66. The molecule has 0 unspecified atom stereocenters. The highest BCUT2D eigenvalue weighted by Crippen LogP contribution is 2.37. The number of nitrogens with zero attached hydrogens (tertiary/aromatic N) is 1. The van der Waals surface area contributed by atoms with Crippen molar-refractivity contribution in [1.82, 2.24) is 0 Å². The number of anilines is 1. The number of thiophene rings is 1. The van der Waals surface area contributed by atoms with Gasteiger partial charge in [0.25, 0.3) is 5.69 Å². The summed E-state index contributed by atoms with van der Waals surface area (Å²) in [5.74, 6) is 0.374. The first-order chi connectivity index (χ1) is 16.4. The maximum absolute atomic E-state index is 12.5. The summed E-state index contributed by atoms with van der Waals surface area (Å²) >= 11 is 1.30. The number of nitro groups is 1. The van der Waals surface area contributed by atoms with Gasteiger partial charge in [0, 0.05) is 29.5 Å². The Hall–Kier alpha value is -4.18. The molecule has 9 nitrogen and oxygen atoms in total. The van der Waals surface area contributed by atoms with Gasteiger partial charge in [-0.3, -0.25) is 14.9 Å². The molecule has 0 spiro atoms. The number of amides is 1. The predicted molar refractivity (Wildman–Crippen MR) is 127 cm³/mol. The van der Waals surface area contributed by atoms with Crippen LogP contribution in [0.2, 0.25) is 0 Å². The molecule has 2 heterocycles. The molecule has 1 aliphatic rings. The van der Waals surface area contributed by atoms with Gasteiger partial charge in [-0.1, -0.05) is 6.07 Å². The van der Waals surface area contributed by atoms with E-state index in [4.69, 9.17) is 14.2 Å². The number of ether oxygens (including phenoxy) is 3. The third-order valence-corrected chi connectivity index (χ3v) is 6.41. The monoisotopic (exact) mass is 480 g/mol. The van der Waals surface area contributed by atoms with E-state index >= 15 is 0 Å². The summed E-state index contributed by atoms with van der Waals surface area (Å²) in [4.78, 5) is 36.2. The largest absolute Gasteiger partial charge is 0.465 e. The maximum atomic E-state index is 12.5. The predicted octanol–water partition coefficient (Wildman–Crippen LogP) is 4.72. The Kier molecular flexibility index (Phi) is 6.60.